The van der Waals surface area contributed by atoms with Crippen molar-refractivity contribution < 1.29 is 13.9 Å². The molecule has 0 radical (unpaired) electrons. The van der Waals surface area contributed by atoms with Crippen LogP contribution >= 0.6 is 24.0 Å². The number of aliphatic imine (C=N–C) groups is 1. The van der Waals surface area contributed by atoms with E-state index in [0.717, 1.165) is 30.5 Å². The summed E-state index contributed by atoms with van der Waals surface area (Å²) in [5.74, 6) is 1.13. The van der Waals surface area contributed by atoms with Crippen LogP contribution in [0.2, 0.25) is 0 Å². The average Bonchev–Trinajstić information content (AvgIpc) is 3.18. The summed E-state index contributed by atoms with van der Waals surface area (Å²) in [6, 6.07) is 14.4. The number of carbonyl (C=O) groups excluding carboxylic acids is 1. The molecule has 1 aliphatic heterocycles. The Hall–Kier alpha value is -2.36. The molecular weight excluding hydrogens is 522 g/mol. The molecule has 1 amide bonds. The highest BCUT2D eigenvalue weighted by Crippen LogP contribution is 2.16. The van der Waals surface area contributed by atoms with Crippen molar-refractivity contribution in [1.82, 2.24) is 15.5 Å². The van der Waals surface area contributed by atoms with Gasteiger partial charge in [0.1, 0.15) is 17.7 Å². The van der Waals surface area contributed by atoms with E-state index in [1.807, 2.05) is 11.8 Å². The summed E-state index contributed by atoms with van der Waals surface area (Å²) in [4.78, 5) is 17.9. The van der Waals surface area contributed by atoms with Gasteiger partial charge in [0, 0.05) is 39.2 Å². The molecule has 0 spiro atoms. The highest BCUT2D eigenvalue weighted by atomic mass is 127. The number of likely N-dealkylation sites (tertiary alicyclic amines) is 1. The molecule has 3 rings (SSSR count). The van der Waals surface area contributed by atoms with Crippen LogP contribution in [0.3, 0.4) is 0 Å². The van der Waals surface area contributed by atoms with E-state index >= 15 is 0 Å². The number of hydrogen-bond donors (Lipinski definition) is 2. The quantitative estimate of drug-likeness (QED) is 0.279. The SMILES string of the molecule is CCC(CNC(=NC)NCc1ccc(CN2CCCC2=O)cc1)Oc1cccc(F)c1.I. The van der Waals surface area contributed by atoms with E-state index < -0.39 is 0 Å². The fourth-order valence-electron chi connectivity index (χ4n) is 3.47. The first-order chi connectivity index (χ1) is 15.1. The molecule has 2 aromatic carbocycles. The van der Waals surface area contributed by atoms with Gasteiger partial charge in [0.05, 0.1) is 6.54 Å². The van der Waals surface area contributed by atoms with Crippen LogP contribution in [0.5, 0.6) is 5.75 Å². The Balaban J connectivity index is 0.00000363. The third-order valence-corrected chi connectivity index (χ3v) is 5.30. The number of amides is 1. The minimum Gasteiger partial charge on any atom is -0.489 e. The third-order valence-electron chi connectivity index (χ3n) is 5.30. The van der Waals surface area contributed by atoms with Gasteiger partial charge >= 0.3 is 0 Å². The van der Waals surface area contributed by atoms with Crippen LogP contribution in [0.25, 0.3) is 0 Å². The van der Waals surface area contributed by atoms with E-state index in [1.165, 1.54) is 12.1 Å². The summed E-state index contributed by atoms with van der Waals surface area (Å²) in [5.41, 5.74) is 2.27. The summed E-state index contributed by atoms with van der Waals surface area (Å²) in [7, 11) is 1.72. The van der Waals surface area contributed by atoms with Gasteiger partial charge in [-0.3, -0.25) is 9.79 Å². The molecule has 1 atom stereocenters. The van der Waals surface area contributed by atoms with E-state index in [0.29, 0.717) is 37.8 Å². The van der Waals surface area contributed by atoms with Gasteiger partial charge < -0.3 is 20.3 Å². The van der Waals surface area contributed by atoms with Crippen molar-refractivity contribution in [3.8, 4) is 5.75 Å². The van der Waals surface area contributed by atoms with Crippen LogP contribution in [0.15, 0.2) is 53.5 Å². The van der Waals surface area contributed by atoms with Crippen LogP contribution in [0, 0.1) is 5.82 Å². The molecule has 1 heterocycles. The maximum absolute atomic E-state index is 13.4. The summed E-state index contributed by atoms with van der Waals surface area (Å²) in [5, 5.41) is 6.56. The van der Waals surface area contributed by atoms with Crippen molar-refractivity contribution in [1.29, 1.82) is 0 Å². The maximum atomic E-state index is 13.4. The maximum Gasteiger partial charge on any atom is 0.222 e. The Bertz CT molecular complexity index is 892. The van der Waals surface area contributed by atoms with E-state index in [9.17, 15) is 9.18 Å². The number of carbonyl (C=O) groups is 1. The number of ether oxygens (including phenoxy) is 1. The van der Waals surface area contributed by atoms with Gasteiger partial charge in [0.15, 0.2) is 5.96 Å². The van der Waals surface area contributed by atoms with Crippen molar-refractivity contribution in [2.24, 2.45) is 4.99 Å². The zero-order valence-corrected chi connectivity index (χ0v) is 21.0. The van der Waals surface area contributed by atoms with Crippen LogP contribution in [-0.2, 0) is 17.9 Å². The number of guanidine groups is 1. The molecule has 174 valence electrons. The van der Waals surface area contributed by atoms with Crippen LogP contribution in [0.1, 0.15) is 37.3 Å². The smallest absolute Gasteiger partial charge is 0.222 e. The number of halogens is 2. The lowest BCUT2D eigenvalue weighted by molar-refractivity contribution is -0.128. The Labute approximate surface area is 206 Å². The van der Waals surface area contributed by atoms with Gasteiger partial charge in [0.2, 0.25) is 5.91 Å². The first-order valence-electron chi connectivity index (χ1n) is 10.8. The summed E-state index contributed by atoms with van der Waals surface area (Å²) >= 11 is 0. The van der Waals surface area contributed by atoms with Gasteiger partial charge in [-0.2, -0.15) is 0 Å². The van der Waals surface area contributed by atoms with Crippen molar-refractivity contribution in [3.63, 3.8) is 0 Å². The second-order valence-corrected chi connectivity index (χ2v) is 7.65. The van der Waals surface area contributed by atoms with Crippen molar-refractivity contribution in [2.75, 3.05) is 20.1 Å². The summed E-state index contributed by atoms with van der Waals surface area (Å²) in [6.45, 7) is 4.74. The van der Waals surface area contributed by atoms with E-state index in [1.54, 1.807) is 19.2 Å². The second kappa shape index (κ2) is 13.2. The van der Waals surface area contributed by atoms with Gasteiger partial charge in [-0.05, 0) is 36.1 Å². The first-order valence-corrected chi connectivity index (χ1v) is 10.8. The Morgan fingerprint density at radius 2 is 1.94 bits per heavy atom. The predicted octanol–water partition coefficient (Wildman–Crippen LogP) is 4.09. The Morgan fingerprint density at radius 3 is 2.56 bits per heavy atom. The zero-order valence-electron chi connectivity index (χ0n) is 18.6. The van der Waals surface area contributed by atoms with E-state index in [-0.39, 0.29) is 41.8 Å². The lowest BCUT2D eigenvalue weighted by Gasteiger charge is -2.20. The number of hydrogen-bond acceptors (Lipinski definition) is 3. The second-order valence-electron chi connectivity index (χ2n) is 7.65. The number of nitrogens with zero attached hydrogens (tertiary/aromatic N) is 2. The standard InChI is InChI=1S/C24H31FN4O2.HI/c1-3-21(31-22-7-4-6-20(25)14-22)16-28-24(26-2)27-15-18-9-11-19(12-10-18)17-29-13-5-8-23(29)30;/h4,6-7,9-12,14,21H,3,5,8,13,15-17H2,1-2H3,(H2,26,27,28);1H. The van der Waals surface area contributed by atoms with Crippen molar-refractivity contribution in [2.45, 2.75) is 45.4 Å². The van der Waals surface area contributed by atoms with E-state index in [4.69, 9.17) is 4.74 Å². The largest absolute Gasteiger partial charge is 0.489 e. The van der Waals surface area contributed by atoms with Gasteiger partial charge in [-0.15, -0.1) is 24.0 Å². The van der Waals surface area contributed by atoms with Gasteiger partial charge in [0.25, 0.3) is 0 Å². The molecule has 6 nitrogen and oxygen atoms in total. The minimum atomic E-state index is -0.309. The molecule has 1 saturated heterocycles. The fraction of sp³-hybridized carbons (Fsp3) is 0.417. The lowest BCUT2D eigenvalue weighted by atomic mass is 10.1. The lowest BCUT2D eigenvalue weighted by Crippen LogP contribution is -2.42. The van der Waals surface area contributed by atoms with Crippen molar-refractivity contribution in [3.05, 3.63) is 65.5 Å². The monoisotopic (exact) mass is 554 g/mol. The van der Waals surface area contributed by atoms with Crippen LogP contribution in [0.4, 0.5) is 4.39 Å². The topological polar surface area (TPSA) is 66.0 Å². The molecule has 1 aliphatic rings. The molecule has 8 heteroatoms. The molecule has 1 unspecified atom stereocenters. The molecule has 0 bridgehead atoms. The highest BCUT2D eigenvalue weighted by Gasteiger charge is 2.19. The molecule has 2 N–H and O–H groups in total. The van der Waals surface area contributed by atoms with Crippen molar-refractivity contribution >= 4 is 35.8 Å². The van der Waals surface area contributed by atoms with Crippen LogP contribution in [-0.4, -0.2) is 43.0 Å². The number of nitrogens with one attached hydrogen (secondary N) is 2. The summed E-state index contributed by atoms with van der Waals surface area (Å²) in [6.07, 6.45) is 2.30. The Morgan fingerprint density at radius 1 is 1.19 bits per heavy atom. The molecule has 2 aromatic rings. The van der Waals surface area contributed by atoms with Crippen LogP contribution < -0.4 is 15.4 Å². The highest BCUT2D eigenvalue weighted by molar-refractivity contribution is 14.0. The normalized spacial score (nSPS) is 14.7. The fourth-order valence-corrected chi connectivity index (χ4v) is 3.47. The number of benzene rings is 2. The third kappa shape index (κ3) is 7.96. The molecular formula is C24H32FIN4O2. The minimum absolute atomic E-state index is 0. The molecule has 1 fully saturated rings. The molecule has 0 aromatic heterocycles. The summed E-state index contributed by atoms with van der Waals surface area (Å²) < 4.78 is 19.2. The van der Waals surface area contributed by atoms with Gasteiger partial charge in [-0.1, -0.05) is 37.3 Å². The molecule has 0 aliphatic carbocycles. The molecule has 0 saturated carbocycles. The first kappa shape index (κ1) is 25.9. The Kier molecular flexibility index (Phi) is 10.7. The van der Waals surface area contributed by atoms with Gasteiger partial charge in [-0.25, -0.2) is 4.39 Å². The number of rotatable bonds is 9. The average molecular weight is 554 g/mol. The zero-order chi connectivity index (χ0) is 22.1. The van der Waals surface area contributed by atoms with E-state index in [2.05, 4.69) is 39.9 Å². The predicted molar refractivity (Wildman–Crippen MR) is 136 cm³/mol. The molecule has 32 heavy (non-hydrogen) atoms.